The smallest absolute Gasteiger partial charge is 0.122 e. The molecule has 0 amide bonds. The van der Waals surface area contributed by atoms with Crippen molar-refractivity contribution in [3.8, 4) is 5.75 Å². The third-order valence-corrected chi connectivity index (χ3v) is 2.76. The van der Waals surface area contributed by atoms with Crippen molar-refractivity contribution in [1.82, 2.24) is 0 Å². The van der Waals surface area contributed by atoms with Gasteiger partial charge in [0.2, 0.25) is 0 Å². The fraction of sp³-hybridized carbons (Fsp3) is 0.538. The second-order valence-corrected chi connectivity index (χ2v) is 4.38. The fourth-order valence-electron chi connectivity index (χ4n) is 1.67. The van der Waals surface area contributed by atoms with Crippen LogP contribution in [0.1, 0.15) is 25.0 Å². The second-order valence-electron chi connectivity index (χ2n) is 4.38. The quantitative estimate of drug-likeness (QED) is 0.795. The summed E-state index contributed by atoms with van der Waals surface area (Å²) in [7, 11) is 1.64. The summed E-state index contributed by atoms with van der Waals surface area (Å²) in [5.41, 5.74) is 6.90. The first-order valence-electron chi connectivity index (χ1n) is 5.60. The molecule has 0 bridgehead atoms. The van der Waals surface area contributed by atoms with Crippen LogP contribution in [0.3, 0.4) is 0 Å². The maximum atomic E-state index is 9.98. The van der Waals surface area contributed by atoms with E-state index >= 15 is 0 Å². The van der Waals surface area contributed by atoms with Gasteiger partial charge in [-0.3, -0.25) is 0 Å². The van der Waals surface area contributed by atoms with Crippen LogP contribution in [0.5, 0.6) is 5.75 Å². The van der Waals surface area contributed by atoms with Crippen LogP contribution in [0.2, 0.25) is 0 Å². The fourth-order valence-corrected chi connectivity index (χ4v) is 1.67. The van der Waals surface area contributed by atoms with E-state index in [0.717, 1.165) is 17.7 Å². The molecule has 0 saturated carbocycles. The highest BCUT2D eigenvalue weighted by molar-refractivity contribution is 5.38. The van der Waals surface area contributed by atoms with Gasteiger partial charge in [0.25, 0.3) is 0 Å². The third kappa shape index (κ3) is 3.22. The van der Waals surface area contributed by atoms with E-state index in [1.165, 1.54) is 5.56 Å². The van der Waals surface area contributed by atoms with Gasteiger partial charge in [0.15, 0.2) is 0 Å². The van der Waals surface area contributed by atoms with E-state index in [2.05, 4.69) is 13.0 Å². The molecule has 1 aromatic rings. The number of aliphatic hydroxyl groups is 1. The summed E-state index contributed by atoms with van der Waals surface area (Å²) in [5, 5.41) is 9.98. The molecular weight excluding hydrogens is 202 g/mol. The lowest BCUT2D eigenvalue weighted by Crippen LogP contribution is -2.36. The lowest BCUT2D eigenvalue weighted by molar-refractivity contribution is 0.0690. The number of methoxy groups -OCH3 is 1. The standard InChI is InChI=1S/C13H21NO2/c1-4-10-5-6-12(16-3)11(7-10)8-13(2,15)9-14/h5-7,15H,4,8-9,14H2,1-3H3. The third-order valence-electron chi connectivity index (χ3n) is 2.76. The van der Waals surface area contributed by atoms with E-state index in [1.807, 2.05) is 12.1 Å². The summed E-state index contributed by atoms with van der Waals surface area (Å²) < 4.78 is 5.28. The van der Waals surface area contributed by atoms with E-state index in [9.17, 15) is 5.11 Å². The number of hydrogen-bond acceptors (Lipinski definition) is 3. The van der Waals surface area contributed by atoms with Gasteiger partial charge in [-0.1, -0.05) is 19.1 Å². The predicted molar refractivity (Wildman–Crippen MR) is 65.8 cm³/mol. The van der Waals surface area contributed by atoms with Crippen molar-refractivity contribution in [2.24, 2.45) is 5.73 Å². The summed E-state index contributed by atoms with van der Waals surface area (Å²) in [6.45, 7) is 4.09. The molecule has 0 spiro atoms. The Morgan fingerprint density at radius 3 is 2.62 bits per heavy atom. The Kier molecular flexibility index (Phi) is 4.33. The number of nitrogens with two attached hydrogens (primary N) is 1. The molecule has 0 aromatic heterocycles. The number of aryl methyl sites for hydroxylation is 1. The van der Waals surface area contributed by atoms with Crippen LogP contribution in [-0.4, -0.2) is 24.4 Å². The largest absolute Gasteiger partial charge is 0.496 e. The molecule has 16 heavy (non-hydrogen) atoms. The molecule has 3 heteroatoms. The number of ether oxygens (including phenoxy) is 1. The van der Waals surface area contributed by atoms with Crippen molar-refractivity contribution in [2.75, 3.05) is 13.7 Å². The molecule has 0 aliphatic carbocycles. The zero-order chi connectivity index (χ0) is 12.2. The van der Waals surface area contributed by atoms with E-state index in [0.29, 0.717) is 6.42 Å². The van der Waals surface area contributed by atoms with Crippen molar-refractivity contribution in [3.63, 3.8) is 0 Å². The van der Waals surface area contributed by atoms with Crippen LogP contribution in [0.15, 0.2) is 18.2 Å². The van der Waals surface area contributed by atoms with Gasteiger partial charge < -0.3 is 15.6 Å². The van der Waals surface area contributed by atoms with E-state index in [1.54, 1.807) is 14.0 Å². The Morgan fingerprint density at radius 1 is 1.44 bits per heavy atom. The SMILES string of the molecule is CCc1ccc(OC)c(CC(C)(O)CN)c1. The Morgan fingerprint density at radius 2 is 2.12 bits per heavy atom. The second kappa shape index (κ2) is 5.32. The molecular formula is C13H21NO2. The maximum Gasteiger partial charge on any atom is 0.122 e. The van der Waals surface area contributed by atoms with E-state index in [4.69, 9.17) is 10.5 Å². The first kappa shape index (κ1) is 13.0. The molecule has 1 atom stereocenters. The van der Waals surface area contributed by atoms with Crippen molar-refractivity contribution in [1.29, 1.82) is 0 Å². The number of rotatable bonds is 5. The molecule has 0 saturated heterocycles. The number of benzene rings is 1. The molecule has 0 fully saturated rings. The summed E-state index contributed by atoms with van der Waals surface area (Å²) in [6, 6.07) is 6.06. The van der Waals surface area contributed by atoms with Crippen LogP contribution in [0, 0.1) is 0 Å². The van der Waals surface area contributed by atoms with Gasteiger partial charge in [0.1, 0.15) is 5.75 Å². The monoisotopic (exact) mass is 223 g/mol. The molecule has 0 aliphatic heterocycles. The molecule has 0 aliphatic rings. The lowest BCUT2D eigenvalue weighted by atomic mass is 9.94. The summed E-state index contributed by atoms with van der Waals surface area (Å²) >= 11 is 0. The van der Waals surface area contributed by atoms with Gasteiger partial charge in [-0.2, -0.15) is 0 Å². The van der Waals surface area contributed by atoms with Gasteiger partial charge in [0, 0.05) is 13.0 Å². The normalized spacial score (nSPS) is 14.6. The molecule has 1 aromatic carbocycles. The van der Waals surface area contributed by atoms with Crippen LogP contribution >= 0.6 is 0 Å². The Bertz CT molecular complexity index is 348. The zero-order valence-electron chi connectivity index (χ0n) is 10.3. The maximum absolute atomic E-state index is 9.98. The minimum atomic E-state index is -0.875. The Labute approximate surface area is 97.2 Å². The van der Waals surface area contributed by atoms with Crippen LogP contribution in [-0.2, 0) is 12.8 Å². The van der Waals surface area contributed by atoms with Gasteiger partial charge >= 0.3 is 0 Å². The minimum Gasteiger partial charge on any atom is -0.496 e. The zero-order valence-corrected chi connectivity index (χ0v) is 10.3. The van der Waals surface area contributed by atoms with Gasteiger partial charge in [-0.05, 0) is 30.5 Å². The van der Waals surface area contributed by atoms with Gasteiger partial charge in [-0.25, -0.2) is 0 Å². The van der Waals surface area contributed by atoms with E-state index in [-0.39, 0.29) is 6.54 Å². The molecule has 90 valence electrons. The van der Waals surface area contributed by atoms with Crippen LogP contribution in [0.25, 0.3) is 0 Å². The van der Waals surface area contributed by atoms with Gasteiger partial charge in [-0.15, -0.1) is 0 Å². The average molecular weight is 223 g/mol. The van der Waals surface area contributed by atoms with E-state index < -0.39 is 5.60 Å². The first-order chi connectivity index (χ1) is 7.52. The van der Waals surface area contributed by atoms with Crippen molar-refractivity contribution >= 4 is 0 Å². The first-order valence-corrected chi connectivity index (χ1v) is 5.60. The molecule has 3 N–H and O–H groups in total. The highest BCUT2D eigenvalue weighted by Crippen LogP contribution is 2.24. The molecule has 0 radical (unpaired) electrons. The van der Waals surface area contributed by atoms with Crippen molar-refractivity contribution in [3.05, 3.63) is 29.3 Å². The minimum absolute atomic E-state index is 0.243. The van der Waals surface area contributed by atoms with Gasteiger partial charge in [0.05, 0.1) is 12.7 Å². The Balaban J connectivity index is 3.00. The summed E-state index contributed by atoms with van der Waals surface area (Å²) in [4.78, 5) is 0. The molecule has 1 rings (SSSR count). The average Bonchev–Trinajstić information content (AvgIpc) is 2.28. The molecule has 1 unspecified atom stereocenters. The lowest BCUT2D eigenvalue weighted by Gasteiger charge is -2.22. The van der Waals surface area contributed by atoms with Crippen molar-refractivity contribution < 1.29 is 9.84 Å². The topological polar surface area (TPSA) is 55.5 Å². The summed E-state index contributed by atoms with van der Waals surface area (Å²) in [5.74, 6) is 0.811. The molecule has 3 nitrogen and oxygen atoms in total. The highest BCUT2D eigenvalue weighted by Gasteiger charge is 2.20. The van der Waals surface area contributed by atoms with Crippen molar-refractivity contribution in [2.45, 2.75) is 32.3 Å². The number of hydrogen-bond donors (Lipinski definition) is 2. The predicted octanol–water partition coefficient (Wildman–Crippen LogP) is 1.51. The van der Waals surface area contributed by atoms with Crippen LogP contribution < -0.4 is 10.5 Å². The highest BCUT2D eigenvalue weighted by atomic mass is 16.5. The molecule has 0 heterocycles. The summed E-state index contributed by atoms with van der Waals surface area (Å²) in [6.07, 6.45) is 1.49. The Hall–Kier alpha value is -1.06. The van der Waals surface area contributed by atoms with Crippen LogP contribution in [0.4, 0.5) is 0 Å².